The molecule has 1 aromatic heterocycles. The molecule has 0 radical (unpaired) electrons. The van der Waals surface area contributed by atoms with Gasteiger partial charge in [-0.25, -0.2) is 0 Å². The van der Waals surface area contributed by atoms with E-state index in [0.717, 1.165) is 35.6 Å². The van der Waals surface area contributed by atoms with E-state index in [4.69, 9.17) is 4.74 Å². The minimum atomic E-state index is -0.237. The largest absolute Gasteiger partial charge is 0.483 e. The first-order valence-electron chi connectivity index (χ1n) is 8.61. The third-order valence-corrected chi connectivity index (χ3v) is 4.64. The van der Waals surface area contributed by atoms with E-state index >= 15 is 0 Å². The molecule has 0 saturated heterocycles. The fraction of sp³-hybridized carbons (Fsp3) is 0.250. The average Bonchev–Trinajstić information content (AvgIpc) is 3.09. The van der Waals surface area contributed by atoms with Crippen molar-refractivity contribution in [2.45, 2.75) is 26.2 Å². The van der Waals surface area contributed by atoms with Crippen LogP contribution in [0, 0.1) is 0 Å². The molecular weight excluding hydrogens is 346 g/mol. The van der Waals surface area contributed by atoms with Gasteiger partial charge in [-0.05, 0) is 23.6 Å². The number of rotatable bonds is 8. The Bertz CT molecular complexity index is 849. The fourth-order valence-corrected chi connectivity index (χ4v) is 3.38. The van der Waals surface area contributed by atoms with Gasteiger partial charge < -0.3 is 4.74 Å². The van der Waals surface area contributed by atoms with Gasteiger partial charge in [-0.1, -0.05) is 66.8 Å². The summed E-state index contributed by atoms with van der Waals surface area (Å²) in [6, 6.07) is 18.0. The first kappa shape index (κ1) is 18.1. The number of ether oxygens (including phenoxy) is 1. The van der Waals surface area contributed by atoms with Crippen LogP contribution < -0.4 is 10.1 Å². The predicted octanol–water partition coefficient (Wildman–Crippen LogP) is 4.10. The summed E-state index contributed by atoms with van der Waals surface area (Å²) in [7, 11) is 0. The number of hydrogen-bond donors (Lipinski definition) is 1. The number of hydrogen-bond acceptors (Lipinski definition) is 5. The van der Waals surface area contributed by atoms with E-state index in [1.807, 2.05) is 42.5 Å². The number of aryl methyl sites for hydroxylation is 1. The number of nitrogens with one attached hydrogen (secondary N) is 1. The van der Waals surface area contributed by atoms with Crippen molar-refractivity contribution < 1.29 is 9.53 Å². The number of anilines is 1. The molecule has 2 aromatic carbocycles. The van der Waals surface area contributed by atoms with Crippen LogP contribution in [0.15, 0.2) is 54.6 Å². The molecule has 0 aliphatic rings. The van der Waals surface area contributed by atoms with Gasteiger partial charge in [0.15, 0.2) is 6.61 Å². The van der Waals surface area contributed by atoms with Gasteiger partial charge in [-0.2, -0.15) is 0 Å². The van der Waals surface area contributed by atoms with Crippen molar-refractivity contribution in [2.24, 2.45) is 0 Å². The smallest absolute Gasteiger partial charge is 0.264 e. The number of carbonyl (C=O) groups excluding carboxylic acids is 1. The van der Waals surface area contributed by atoms with Crippen LogP contribution >= 0.6 is 11.3 Å². The molecule has 1 amide bonds. The highest BCUT2D eigenvalue weighted by molar-refractivity contribution is 7.15. The monoisotopic (exact) mass is 367 g/mol. The molecular formula is C20H21N3O2S. The average molecular weight is 367 g/mol. The van der Waals surface area contributed by atoms with E-state index in [1.165, 1.54) is 16.9 Å². The second kappa shape index (κ2) is 9.10. The summed E-state index contributed by atoms with van der Waals surface area (Å²) in [5.41, 5.74) is 2.25. The van der Waals surface area contributed by atoms with E-state index in [2.05, 4.69) is 34.6 Å². The lowest BCUT2D eigenvalue weighted by atomic mass is 10.0. The van der Waals surface area contributed by atoms with Crippen molar-refractivity contribution in [1.82, 2.24) is 10.2 Å². The highest BCUT2D eigenvalue weighted by Crippen LogP contribution is 2.22. The molecule has 0 fully saturated rings. The van der Waals surface area contributed by atoms with Gasteiger partial charge in [0.2, 0.25) is 5.13 Å². The van der Waals surface area contributed by atoms with Crippen molar-refractivity contribution >= 4 is 22.4 Å². The fourth-order valence-electron chi connectivity index (χ4n) is 2.52. The van der Waals surface area contributed by atoms with Crippen LogP contribution in [0.4, 0.5) is 5.13 Å². The minimum absolute atomic E-state index is 0.0610. The Morgan fingerprint density at radius 3 is 2.65 bits per heavy atom. The van der Waals surface area contributed by atoms with Gasteiger partial charge in [0.1, 0.15) is 10.8 Å². The maximum atomic E-state index is 12.1. The molecule has 3 aromatic rings. The SMILES string of the molecule is CCCc1nnc(NC(=O)COc2ccccc2Cc2ccccc2)s1. The normalized spacial score (nSPS) is 10.5. The van der Waals surface area contributed by atoms with Gasteiger partial charge in [0.05, 0.1) is 0 Å². The molecule has 0 spiro atoms. The third-order valence-electron chi connectivity index (χ3n) is 3.75. The second-order valence-electron chi connectivity index (χ2n) is 5.86. The molecule has 1 N–H and O–H groups in total. The summed E-state index contributed by atoms with van der Waals surface area (Å²) in [6.07, 6.45) is 2.64. The van der Waals surface area contributed by atoms with Crippen molar-refractivity contribution in [3.05, 3.63) is 70.7 Å². The maximum absolute atomic E-state index is 12.1. The first-order chi connectivity index (χ1) is 12.7. The Morgan fingerprint density at radius 1 is 1.08 bits per heavy atom. The topological polar surface area (TPSA) is 64.1 Å². The van der Waals surface area contributed by atoms with E-state index in [9.17, 15) is 4.79 Å². The number of benzene rings is 2. The first-order valence-corrected chi connectivity index (χ1v) is 9.43. The zero-order valence-corrected chi connectivity index (χ0v) is 15.5. The Morgan fingerprint density at radius 2 is 1.85 bits per heavy atom. The number of para-hydroxylation sites is 1. The van der Waals surface area contributed by atoms with Gasteiger partial charge in [-0.3, -0.25) is 10.1 Å². The molecule has 1 heterocycles. The molecule has 134 valence electrons. The Labute approximate surface area is 157 Å². The van der Waals surface area contributed by atoms with Crippen LogP contribution in [0.1, 0.15) is 29.5 Å². The lowest BCUT2D eigenvalue weighted by Crippen LogP contribution is -2.20. The van der Waals surface area contributed by atoms with Crippen molar-refractivity contribution in [3.8, 4) is 5.75 Å². The molecule has 0 unspecified atom stereocenters. The Kier molecular flexibility index (Phi) is 6.33. The van der Waals surface area contributed by atoms with Gasteiger partial charge in [0.25, 0.3) is 5.91 Å². The Balaban J connectivity index is 1.58. The van der Waals surface area contributed by atoms with E-state index in [1.54, 1.807) is 0 Å². The van der Waals surface area contributed by atoms with E-state index in [0.29, 0.717) is 5.13 Å². The summed E-state index contributed by atoms with van der Waals surface area (Å²) >= 11 is 1.40. The molecule has 3 rings (SSSR count). The maximum Gasteiger partial charge on any atom is 0.264 e. The molecule has 0 bridgehead atoms. The van der Waals surface area contributed by atoms with Gasteiger partial charge >= 0.3 is 0 Å². The predicted molar refractivity (Wildman–Crippen MR) is 104 cm³/mol. The van der Waals surface area contributed by atoms with Crippen LogP contribution in [0.2, 0.25) is 0 Å². The standard InChI is InChI=1S/C20H21N3O2S/c1-2-8-19-22-23-20(26-19)21-18(24)14-25-17-12-7-6-11-16(17)13-15-9-4-3-5-10-15/h3-7,9-12H,2,8,13-14H2,1H3,(H,21,23,24). The molecule has 6 heteroatoms. The van der Waals surface area contributed by atoms with E-state index < -0.39 is 0 Å². The zero-order chi connectivity index (χ0) is 18.2. The van der Waals surface area contributed by atoms with Crippen molar-refractivity contribution in [2.75, 3.05) is 11.9 Å². The Hall–Kier alpha value is -2.73. The van der Waals surface area contributed by atoms with Crippen molar-refractivity contribution in [1.29, 1.82) is 0 Å². The quantitative estimate of drug-likeness (QED) is 0.651. The number of aromatic nitrogens is 2. The van der Waals surface area contributed by atoms with Crippen LogP contribution in [-0.4, -0.2) is 22.7 Å². The highest BCUT2D eigenvalue weighted by Gasteiger charge is 2.10. The van der Waals surface area contributed by atoms with Gasteiger partial charge in [-0.15, -0.1) is 10.2 Å². The van der Waals surface area contributed by atoms with Crippen LogP contribution in [-0.2, 0) is 17.6 Å². The number of carbonyl (C=O) groups is 1. The van der Waals surface area contributed by atoms with Crippen molar-refractivity contribution in [3.63, 3.8) is 0 Å². The highest BCUT2D eigenvalue weighted by atomic mass is 32.1. The molecule has 0 atom stereocenters. The van der Waals surface area contributed by atoms with Crippen LogP contribution in [0.3, 0.4) is 0 Å². The molecule has 0 saturated carbocycles. The minimum Gasteiger partial charge on any atom is -0.483 e. The van der Waals surface area contributed by atoms with Gasteiger partial charge in [0, 0.05) is 12.8 Å². The molecule has 5 nitrogen and oxygen atoms in total. The van der Waals surface area contributed by atoms with E-state index in [-0.39, 0.29) is 12.5 Å². The summed E-state index contributed by atoms with van der Waals surface area (Å²) in [4.78, 5) is 12.1. The summed E-state index contributed by atoms with van der Waals surface area (Å²) < 4.78 is 5.74. The zero-order valence-electron chi connectivity index (χ0n) is 14.6. The number of nitrogens with zero attached hydrogens (tertiary/aromatic N) is 2. The van der Waals surface area contributed by atoms with Crippen LogP contribution in [0.5, 0.6) is 5.75 Å². The molecule has 0 aliphatic carbocycles. The van der Waals surface area contributed by atoms with Crippen LogP contribution in [0.25, 0.3) is 0 Å². The molecule has 0 aliphatic heterocycles. The summed E-state index contributed by atoms with van der Waals surface area (Å²) in [5, 5.41) is 12.2. The number of amides is 1. The lowest BCUT2D eigenvalue weighted by molar-refractivity contribution is -0.118. The summed E-state index contributed by atoms with van der Waals surface area (Å²) in [6.45, 7) is 2.02. The third kappa shape index (κ3) is 5.13. The molecule has 26 heavy (non-hydrogen) atoms. The summed E-state index contributed by atoms with van der Waals surface area (Å²) in [5.74, 6) is 0.481. The lowest BCUT2D eigenvalue weighted by Gasteiger charge is -2.11. The second-order valence-corrected chi connectivity index (χ2v) is 6.92.